The molecule has 0 saturated heterocycles. The third-order valence-electron chi connectivity index (χ3n) is 3.67. The van der Waals surface area contributed by atoms with Crippen molar-refractivity contribution < 1.29 is 13.6 Å². The molecule has 0 aliphatic rings. The summed E-state index contributed by atoms with van der Waals surface area (Å²) in [5.74, 6) is -0.284. The SMILES string of the molecule is CCn1cc(C(C)NC(=O)Cn2nc(C(F)F)cc2C)c(C)n1. The molecule has 0 saturated carbocycles. The molecule has 2 aromatic heterocycles. The number of nitrogens with zero attached hydrogens (tertiary/aromatic N) is 4. The fourth-order valence-electron chi connectivity index (χ4n) is 2.42. The summed E-state index contributed by atoms with van der Waals surface area (Å²) in [4.78, 5) is 12.1. The van der Waals surface area contributed by atoms with Gasteiger partial charge < -0.3 is 5.32 Å². The van der Waals surface area contributed by atoms with Crippen LogP contribution in [0.25, 0.3) is 0 Å². The highest BCUT2D eigenvalue weighted by atomic mass is 19.3. The predicted octanol–water partition coefficient (Wildman–Crippen LogP) is 2.53. The molecule has 8 heteroatoms. The average Bonchev–Trinajstić information content (AvgIpc) is 3.02. The van der Waals surface area contributed by atoms with Gasteiger partial charge in [0.25, 0.3) is 6.43 Å². The van der Waals surface area contributed by atoms with Crippen LogP contribution in [0.15, 0.2) is 12.3 Å². The first-order chi connectivity index (χ1) is 10.8. The summed E-state index contributed by atoms with van der Waals surface area (Å²) in [6.07, 6.45) is -0.742. The van der Waals surface area contributed by atoms with Gasteiger partial charge in [-0.1, -0.05) is 0 Å². The predicted molar refractivity (Wildman–Crippen MR) is 81.1 cm³/mol. The van der Waals surface area contributed by atoms with Crippen molar-refractivity contribution in [3.8, 4) is 0 Å². The normalized spacial score (nSPS) is 12.7. The van der Waals surface area contributed by atoms with Crippen molar-refractivity contribution in [2.24, 2.45) is 0 Å². The lowest BCUT2D eigenvalue weighted by Crippen LogP contribution is -2.31. The van der Waals surface area contributed by atoms with E-state index >= 15 is 0 Å². The minimum atomic E-state index is -2.64. The van der Waals surface area contributed by atoms with Crippen molar-refractivity contribution in [3.05, 3.63) is 34.9 Å². The van der Waals surface area contributed by atoms with Gasteiger partial charge in [0, 0.05) is 24.0 Å². The van der Waals surface area contributed by atoms with E-state index in [2.05, 4.69) is 15.5 Å². The second-order valence-corrected chi connectivity index (χ2v) is 5.48. The Labute approximate surface area is 133 Å². The number of carbonyl (C=O) groups excluding carboxylic acids is 1. The van der Waals surface area contributed by atoms with E-state index in [4.69, 9.17) is 0 Å². The van der Waals surface area contributed by atoms with E-state index in [0.29, 0.717) is 5.69 Å². The maximum absolute atomic E-state index is 12.6. The monoisotopic (exact) mass is 325 g/mol. The number of alkyl halides is 2. The van der Waals surface area contributed by atoms with Crippen LogP contribution in [-0.4, -0.2) is 25.5 Å². The van der Waals surface area contributed by atoms with Gasteiger partial charge in [0.1, 0.15) is 12.2 Å². The molecule has 2 rings (SSSR count). The zero-order valence-corrected chi connectivity index (χ0v) is 13.7. The number of amides is 1. The molecule has 0 bridgehead atoms. The standard InChI is InChI=1S/C15H21F2N5O/c1-5-21-7-12(11(4)19-21)10(3)18-14(23)8-22-9(2)6-13(20-22)15(16)17/h6-7,10,15H,5,8H2,1-4H3,(H,18,23). The van der Waals surface area contributed by atoms with Crippen LogP contribution >= 0.6 is 0 Å². The molecule has 2 heterocycles. The molecule has 0 radical (unpaired) electrons. The highest BCUT2D eigenvalue weighted by molar-refractivity contribution is 5.76. The Hall–Kier alpha value is -2.25. The van der Waals surface area contributed by atoms with Crippen LogP contribution in [0.4, 0.5) is 8.78 Å². The lowest BCUT2D eigenvalue weighted by atomic mass is 10.1. The molecule has 1 atom stereocenters. The van der Waals surface area contributed by atoms with Crippen molar-refractivity contribution >= 4 is 5.91 Å². The number of aromatic nitrogens is 4. The van der Waals surface area contributed by atoms with Gasteiger partial charge in [0.05, 0.1) is 11.7 Å². The maximum atomic E-state index is 12.6. The molecule has 0 aliphatic carbocycles. The molecule has 1 amide bonds. The Morgan fingerprint density at radius 3 is 2.57 bits per heavy atom. The van der Waals surface area contributed by atoms with Crippen LogP contribution in [0.3, 0.4) is 0 Å². The maximum Gasteiger partial charge on any atom is 0.282 e. The highest BCUT2D eigenvalue weighted by Crippen LogP contribution is 2.18. The molecular formula is C15H21F2N5O. The van der Waals surface area contributed by atoms with Crippen molar-refractivity contribution in [2.75, 3.05) is 0 Å². The van der Waals surface area contributed by atoms with Crippen LogP contribution in [0.5, 0.6) is 0 Å². The van der Waals surface area contributed by atoms with Crippen molar-refractivity contribution in [2.45, 2.75) is 53.3 Å². The molecular weight excluding hydrogens is 304 g/mol. The third kappa shape index (κ3) is 3.94. The van der Waals surface area contributed by atoms with E-state index in [-0.39, 0.29) is 24.2 Å². The van der Waals surface area contributed by atoms with Crippen LogP contribution in [0.2, 0.25) is 0 Å². The average molecular weight is 325 g/mol. The first kappa shape index (κ1) is 17.1. The van der Waals surface area contributed by atoms with E-state index in [0.717, 1.165) is 17.8 Å². The summed E-state index contributed by atoms with van der Waals surface area (Å²) in [7, 11) is 0. The Morgan fingerprint density at radius 1 is 1.35 bits per heavy atom. The van der Waals surface area contributed by atoms with E-state index in [1.807, 2.05) is 27.0 Å². The Morgan fingerprint density at radius 2 is 2.04 bits per heavy atom. The molecule has 0 fully saturated rings. The highest BCUT2D eigenvalue weighted by Gasteiger charge is 2.18. The number of hydrogen-bond acceptors (Lipinski definition) is 3. The fourth-order valence-corrected chi connectivity index (χ4v) is 2.42. The van der Waals surface area contributed by atoms with Crippen LogP contribution in [-0.2, 0) is 17.9 Å². The summed E-state index contributed by atoms with van der Waals surface area (Å²) in [6.45, 7) is 8.04. The summed E-state index contributed by atoms with van der Waals surface area (Å²) >= 11 is 0. The van der Waals surface area contributed by atoms with Gasteiger partial charge in [-0.05, 0) is 33.8 Å². The molecule has 1 N–H and O–H groups in total. The summed E-state index contributed by atoms with van der Waals surface area (Å²) < 4.78 is 28.3. The van der Waals surface area contributed by atoms with Crippen molar-refractivity contribution in [3.63, 3.8) is 0 Å². The second-order valence-electron chi connectivity index (χ2n) is 5.48. The molecule has 2 aromatic rings. The number of halogens is 2. The number of carbonyl (C=O) groups is 1. The molecule has 126 valence electrons. The van der Waals surface area contributed by atoms with Gasteiger partial charge >= 0.3 is 0 Å². The first-order valence-corrected chi connectivity index (χ1v) is 7.47. The molecule has 6 nitrogen and oxygen atoms in total. The topological polar surface area (TPSA) is 64.7 Å². The van der Waals surface area contributed by atoms with E-state index in [9.17, 15) is 13.6 Å². The number of aryl methyl sites for hydroxylation is 3. The minimum absolute atomic E-state index is 0.0934. The fraction of sp³-hybridized carbons (Fsp3) is 0.533. The molecule has 23 heavy (non-hydrogen) atoms. The molecule has 0 spiro atoms. The Kier molecular flexibility index (Phi) is 5.12. The van der Waals surface area contributed by atoms with Crippen molar-refractivity contribution in [1.29, 1.82) is 0 Å². The van der Waals surface area contributed by atoms with E-state index in [1.54, 1.807) is 11.6 Å². The third-order valence-corrected chi connectivity index (χ3v) is 3.67. The quantitative estimate of drug-likeness (QED) is 0.887. The van der Waals surface area contributed by atoms with Crippen LogP contribution in [0.1, 0.15) is 49.0 Å². The molecule has 1 unspecified atom stereocenters. The van der Waals surface area contributed by atoms with Gasteiger partial charge in [0.15, 0.2) is 0 Å². The van der Waals surface area contributed by atoms with E-state index in [1.165, 1.54) is 10.7 Å². The smallest absolute Gasteiger partial charge is 0.282 e. The zero-order valence-electron chi connectivity index (χ0n) is 13.7. The van der Waals surface area contributed by atoms with Crippen LogP contribution < -0.4 is 5.32 Å². The number of nitrogens with one attached hydrogen (secondary N) is 1. The Bertz CT molecular complexity index is 692. The largest absolute Gasteiger partial charge is 0.348 e. The van der Waals surface area contributed by atoms with Gasteiger partial charge in [-0.15, -0.1) is 0 Å². The molecule has 0 aromatic carbocycles. The first-order valence-electron chi connectivity index (χ1n) is 7.47. The zero-order chi connectivity index (χ0) is 17.1. The minimum Gasteiger partial charge on any atom is -0.348 e. The summed E-state index contributed by atoms with van der Waals surface area (Å²) in [6, 6.07) is 1.07. The summed E-state index contributed by atoms with van der Waals surface area (Å²) in [5, 5.41) is 10.9. The Balaban J connectivity index is 2.02. The van der Waals surface area contributed by atoms with Gasteiger partial charge in [-0.2, -0.15) is 10.2 Å². The van der Waals surface area contributed by atoms with Crippen LogP contribution in [0, 0.1) is 13.8 Å². The van der Waals surface area contributed by atoms with E-state index < -0.39 is 6.43 Å². The van der Waals surface area contributed by atoms with Gasteiger partial charge in [-0.3, -0.25) is 14.2 Å². The lowest BCUT2D eigenvalue weighted by Gasteiger charge is -2.13. The number of hydrogen-bond donors (Lipinski definition) is 1. The lowest BCUT2D eigenvalue weighted by molar-refractivity contribution is -0.122. The summed E-state index contributed by atoms with van der Waals surface area (Å²) in [5.41, 5.74) is 2.00. The van der Waals surface area contributed by atoms with Gasteiger partial charge in [0.2, 0.25) is 5.91 Å². The van der Waals surface area contributed by atoms with Crippen molar-refractivity contribution in [1.82, 2.24) is 24.9 Å². The van der Waals surface area contributed by atoms with Gasteiger partial charge in [-0.25, -0.2) is 8.78 Å². The number of rotatable bonds is 6. The second kappa shape index (κ2) is 6.89. The molecule has 0 aliphatic heterocycles.